The van der Waals surface area contributed by atoms with Gasteiger partial charge in [0.1, 0.15) is 5.82 Å². The lowest BCUT2D eigenvalue weighted by Crippen LogP contribution is -2.25. The van der Waals surface area contributed by atoms with Gasteiger partial charge in [0.15, 0.2) is 0 Å². The summed E-state index contributed by atoms with van der Waals surface area (Å²) < 4.78 is 2.38. The molecule has 4 heteroatoms. The molecule has 0 N–H and O–H groups in total. The average molecular weight is 306 g/mol. The van der Waals surface area contributed by atoms with E-state index in [0.29, 0.717) is 6.04 Å². The molecule has 0 radical (unpaired) electrons. The smallest absolute Gasteiger partial charge is 0.127 e. The molecule has 1 saturated heterocycles. The predicted molar refractivity (Wildman–Crippen MR) is 92.0 cm³/mol. The van der Waals surface area contributed by atoms with Gasteiger partial charge in [0.25, 0.3) is 0 Å². The Morgan fingerprint density at radius 2 is 2.09 bits per heavy atom. The lowest BCUT2D eigenvalue weighted by molar-refractivity contribution is 0.235. The van der Waals surface area contributed by atoms with E-state index in [1.54, 1.807) is 0 Å². The van der Waals surface area contributed by atoms with Gasteiger partial charge in [0.05, 0.1) is 17.1 Å². The van der Waals surface area contributed by atoms with Crippen molar-refractivity contribution < 1.29 is 0 Å². The van der Waals surface area contributed by atoms with Gasteiger partial charge >= 0.3 is 0 Å². The summed E-state index contributed by atoms with van der Waals surface area (Å²) in [5.74, 6) is 1.22. The first-order chi connectivity index (χ1) is 11.4. The van der Waals surface area contributed by atoms with Gasteiger partial charge in [-0.25, -0.2) is 4.98 Å². The highest BCUT2D eigenvalue weighted by molar-refractivity contribution is 5.76. The molecule has 1 aliphatic heterocycles. The normalized spacial score (nSPS) is 18.7. The molecule has 4 rings (SSSR count). The van der Waals surface area contributed by atoms with E-state index in [0.717, 1.165) is 25.2 Å². The highest BCUT2D eigenvalue weighted by Crippen LogP contribution is 2.34. The van der Waals surface area contributed by atoms with Crippen LogP contribution < -0.4 is 0 Å². The van der Waals surface area contributed by atoms with Crippen LogP contribution in [0.15, 0.2) is 48.8 Å². The molecule has 0 bridgehead atoms. The highest BCUT2D eigenvalue weighted by atomic mass is 15.2. The van der Waals surface area contributed by atoms with Crippen molar-refractivity contribution in [2.24, 2.45) is 0 Å². The minimum Gasteiger partial charge on any atom is -0.327 e. The zero-order valence-electron chi connectivity index (χ0n) is 13.5. The Morgan fingerprint density at radius 3 is 2.91 bits per heavy atom. The topological polar surface area (TPSA) is 34.0 Å². The van der Waals surface area contributed by atoms with Gasteiger partial charge < -0.3 is 4.57 Å². The summed E-state index contributed by atoms with van der Waals surface area (Å²) in [7, 11) is 0. The van der Waals surface area contributed by atoms with Crippen LogP contribution in [-0.2, 0) is 13.1 Å². The molecule has 3 aromatic rings. The molecule has 4 nitrogen and oxygen atoms in total. The third-order valence-corrected chi connectivity index (χ3v) is 4.77. The number of rotatable bonds is 4. The van der Waals surface area contributed by atoms with Gasteiger partial charge in [-0.15, -0.1) is 0 Å². The van der Waals surface area contributed by atoms with E-state index in [9.17, 15) is 0 Å². The summed E-state index contributed by atoms with van der Waals surface area (Å²) in [6.07, 6.45) is 6.22. The van der Waals surface area contributed by atoms with Crippen LogP contribution in [0.1, 0.15) is 37.2 Å². The summed E-state index contributed by atoms with van der Waals surface area (Å²) in [4.78, 5) is 11.8. The van der Waals surface area contributed by atoms with E-state index < -0.39 is 0 Å². The van der Waals surface area contributed by atoms with Crippen molar-refractivity contribution in [2.45, 2.75) is 38.9 Å². The number of fused-ring (bicyclic) bond motifs is 1. The number of aryl methyl sites for hydroxylation is 1. The number of hydrogen-bond acceptors (Lipinski definition) is 3. The molecule has 1 aromatic carbocycles. The van der Waals surface area contributed by atoms with Gasteiger partial charge in [0.2, 0.25) is 0 Å². The van der Waals surface area contributed by atoms with Crippen LogP contribution in [0.25, 0.3) is 11.0 Å². The van der Waals surface area contributed by atoms with Crippen molar-refractivity contribution in [2.75, 3.05) is 6.54 Å². The minimum absolute atomic E-state index is 0.405. The Bertz CT molecular complexity index is 793. The van der Waals surface area contributed by atoms with Crippen molar-refractivity contribution in [3.63, 3.8) is 0 Å². The molecular formula is C19H22N4. The average Bonchev–Trinajstić information content (AvgIpc) is 3.19. The molecule has 0 spiro atoms. The Hall–Kier alpha value is -2.20. The number of imidazole rings is 1. The van der Waals surface area contributed by atoms with Crippen molar-refractivity contribution >= 4 is 11.0 Å². The summed E-state index contributed by atoms with van der Waals surface area (Å²) in [6, 6.07) is 13.0. The van der Waals surface area contributed by atoms with Gasteiger partial charge in [-0.3, -0.25) is 9.88 Å². The number of likely N-dealkylation sites (tertiary alicyclic amines) is 1. The van der Waals surface area contributed by atoms with E-state index >= 15 is 0 Å². The third kappa shape index (κ3) is 2.63. The second-order valence-electron chi connectivity index (χ2n) is 6.19. The lowest BCUT2D eigenvalue weighted by Gasteiger charge is -2.24. The van der Waals surface area contributed by atoms with Gasteiger partial charge in [-0.05, 0) is 50.1 Å². The maximum Gasteiger partial charge on any atom is 0.127 e. The van der Waals surface area contributed by atoms with E-state index in [2.05, 4.69) is 51.7 Å². The number of para-hydroxylation sites is 2. The molecule has 2 aromatic heterocycles. The number of benzene rings is 1. The van der Waals surface area contributed by atoms with Crippen LogP contribution in [0.4, 0.5) is 0 Å². The monoisotopic (exact) mass is 306 g/mol. The largest absolute Gasteiger partial charge is 0.327 e. The Labute approximate surface area is 136 Å². The first-order valence-corrected chi connectivity index (χ1v) is 8.45. The number of pyridine rings is 1. The molecule has 0 saturated carbocycles. The summed E-state index contributed by atoms with van der Waals surface area (Å²) in [6.45, 7) is 5.25. The van der Waals surface area contributed by atoms with E-state index in [1.165, 1.54) is 29.7 Å². The van der Waals surface area contributed by atoms with Gasteiger partial charge in [-0.2, -0.15) is 0 Å². The van der Waals surface area contributed by atoms with Crippen molar-refractivity contribution in [3.8, 4) is 0 Å². The van der Waals surface area contributed by atoms with Gasteiger partial charge in [0, 0.05) is 25.5 Å². The first kappa shape index (κ1) is 14.4. The molecule has 0 aliphatic carbocycles. The van der Waals surface area contributed by atoms with Crippen LogP contribution in [0, 0.1) is 0 Å². The molecule has 1 atom stereocenters. The third-order valence-electron chi connectivity index (χ3n) is 4.77. The Morgan fingerprint density at radius 1 is 1.17 bits per heavy atom. The number of aromatic nitrogens is 3. The summed E-state index contributed by atoms with van der Waals surface area (Å²) in [5.41, 5.74) is 3.63. The fourth-order valence-electron chi connectivity index (χ4n) is 3.71. The number of nitrogens with zero attached hydrogens (tertiary/aromatic N) is 4. The fourth-order valence-corrected chi connectivity index (χ4v) is 3.71. The highest BCUT2D eigenvalue weighted by Gasteiger charge is 2.30. The molecule has 0 unspecified atom stereocenters. The van der Waals surface area contributed by atoms with E-state index in [1.807, 2.05) is 18.5 Å². The first-order valence-electron chi connectivity index (χ1n) is 8.45. The quantitative estimate of drug-likeness (QED) is 0.735. The van der Waals surface area contributed by atoms with Crippen LogP contribution in [0.2, 0.25) is 0 Å². The Kier molecular flexibility index (Phi) is 3.83. The maximum absolute atomic E-state index is 4.96. The zero-order valence-corrected chi connectivity index (χ0v) is 13.5. The van der Waals surface area contributed by atoms with Gasteiger partial charge in [-0.1, -0.05) is 18.2 Å². The van der Waals surface area contributed by atoms with Crippen LogP contribution in [0.5, 0.6) is 0 Å². The molecule has 0 amide bonds. The van der Waals surface area contributed by atoms with Crippen molar-refractivity contribution in [1.82, 2.24) is 19.4 Å². The van der Waals surface area contributed by atoms with Crippen LogP contribution >= 0.6 is 0 Å². The molecule has 118 valence electrons. The van der Waals surface area contributed by atoms with E-state index in [4.69, 9.17) is 4.98 Å². The lowest BCUT2D eigenvalue weighted by atomic mass is 10.2. The standard InChI is InChI=1S/C19H22N4/c1-2-23-17-9-4-3-8-16(17)21-19(23)18-10-6-12-22(18)14-15-7-5-11-20-13-15/h3-5,7-9,11,13,18H,2,6,10,12,14H2,1H3/t18-/m1/s1. The second kappa shape index (κ2) is 6.13. The van der Waals surface area contributed by atoms with Crippen molar-refractivity contribution in [1.29, 1.82) is 0 Å². The Balaban J connectivity index is 1.68. The number of hydrogen-bond donors (Lipinski definition) is 0. The molecule has 23 heavy (non-hydrogen) atoms. The molecular weight excluding hydrogens is 284 g/mol. The second-order valence-corrected chi connectivity index (χ2v) is 6.19. The minimum atomic E-state index is 0.405. The summed E-state index contributed by atoms with van der Waals surface area (Å²) >= 11 is 0. The molecule has 1 fully saturated rings. The molecule has 3 heterocycles. The maximum atomic E-state index is 4.96. The predicted octanol–water partition coefficient (Wildman–Crippen LogP) is 3.79. The zero-order chi connectivity index (χ0) is 15.6. The van der Waals surface area contributed by atoms with Crippen LogP contribution in [0.3, 0.4) is 0 Å². The SMILES string of the molecule is CCn1c([C@H]2CCCN2Cc2cccnc2)nc2ccccc21. The summed E-state index contributed by atoms with van der Waals surface area (Å²) in [5, 5.41) is 0. The fraction of sp³-hybridized carbons (Fsp3) is 0.368. The van der Waals surface area contributed by atoms with Crippen LogP contribution in [-0.4, -0.2) is 26.0 Å². The molecule has 1 aliphatic rings. The van der Waals surface area contributed by atoms with E-state index in [-0.39, 0.29) is 0 Å². The van der Waals surface area contributed by atoms with Crippen molar-refractivity contribution in [3.05, 3.63) is 60.2 Å².